The van der Waals surface area contributed by atoms with Crippen LogP contribution in [0.3, 0.4) is 0 Å². The Labute approximate surface area is 238 Å². The molecule has 5 nitrogen and oxygen atoms in total. The van der Waals surface area contributed by atoms with Gasteiger partial charge < -0.3 is 19.1 Å². The summed E-state index contributed by atoms with van der Waals surface area (Å²) in [5.74, 6) is 2.14. The predicted molar refractivity (Wildman–Crippen MR) is 148 cm³/mol. The second-order valence-electron chi connectivity index (χ2n) is 9.09. The molecule has 0 spiro atoms. The molecule has 0 bridgehead atoms. The van der Waals surface area contributed by atoms with E-state index in [0.717, 1.165) is 38.2 Å². The van der Waals surface area contributed by atoms with E-state index < -0.39 is 0 Å². The van der Waals surface area contributed by atoms with Gasteiger partial charge in [0.25, 0.3) is 0 Å². The SMILES string of the molecule is CN1[CH-]N2c3[c-]c(Oc4[c-]c5c(cc4)c4ccccc4n5-c4ccccn4)ccc3Sc3cccc1c32.[Pt]. The van der Waals surface area contributed by atoms with Gasteiger partial charge in [-0.3, -0.25) is 0 Å². The molecule has 2 aliphatic heterocycles. The summed E-state index contributed by atoms with van der Waals surface area (Å²) in [4.78, 5) is 11.4. The first kappa shape index (κ1) is 23.4. The molecule has 0 amide bonds. The first-order valence-corrected chi connectivity index (χ1v) is 12.9. The molecule has 0 fully saturated rings. The number of aromatic nitrogens is 2. The average Bonchev–Trinajstić information content (AvgIpc) is 3.45. The van der Waals surface area contributed by atoms with Gasteiger partial charge in [0.1, 0.15) is 5.82 Å². The van der Waals surface area contributed by atoms with Crippen molar-refractivity contribution in [1.82, 2.24) is 9.55 Å². The maximum atomic E-state index is 6.36. The molecule has 0 unspecified atom stereocenters. The van der Waals surface area contributed by atoms with Gasteiger partial charge in [0.15, 0.2) is 0 Å². The van der Waals surface area contributed by atoms with E-state index in [1.165, 1.54) is 16.3 Å². The molecule has 0 radical (unpaired) electrons. The molecule has 0 saturated carbocycles. The van der Waals surface area contributed by atoms with E-state index >= 15 is 0 Å². The molecule has 0 saturated heterocycles. The number of benzene rings is 4. The van der Waals surface area contributed by atoms with Gasteiger partial charge in [-0.05, 0) is 42.8 Å². The summed E-state index contributed by atoms with van der Waals surface area (Å²) in [6, 6.07) is 35.9. The van der Waals surface area contributed by atoms with Crippen molar-refractivity contribution >= 4 is 50.6 Å². The molecule has 6 aromatic rings. The van der Waals surface area contributed by atoms with Crippen LogP contribution in [0.1, 0.15) is 0 Å². The Morgan fingerprint density at radius 1 is 0.816 bits per heavy atom. The zero-order chi connectivity index (χ0) is 24.5. The van der Waals surface area contributed by atoms with E-state index in [-0.39, 0.29) is 21.1 Å². The molecule has 4 aromatic carbocycles. The number of fused-ring (bicyclic) bond motifs is 5. The summed E-state index contributed by atoms with van der Waals surface area (Å²) in [6.45, 7) is 2.11. The van der Waals surface area contributed by atoms with E-state index in [1.54, 1.807) is 11.8 Å². The van der Waals surface area contributed by atoms with Crippen LogP contribution in [0.15, 0.2) is 101 Å². The summed E-state index contributed by atoms with van der Waals surface area (Å²) in [7, 11) is 2.07. The second-order valence-corrected chi connectivity index (χ2v) is 10.2. The topological polar surface area (TPSA) is 33.5 Å². The van der Waals surface area contributed by atoms with Crippen LogP contribution in [0.5, 0.6) is 11.5 Å². The van der Waals surface area contributed by atoms with Crippen LogP contribution in [0.4, 0.5) is 17.1 Å². The number of hydrogen-bond donors (Lipinski definition) is 0. The van der Waals surface area contributed by atoms with Gasteiger partial charge in [-0.2, -0.15) is 30.6 Å². The third-order valence-electron chi connectivity index (χ3n) is 6.86. The van der Waals surface area contributed by atoms with Crippen LogP contribution in [0.2, 0.25) is 0 Å². The maximum Gasteiger partial charge on any atom is 0.135 e. The normalized spacial score (nSPS) is 13.4. The Balaban J connectivity index is 0.00000242. The summed E-state index contributed by atoms with van der Waals surface area (Å²) in [5, 5.41) is 2.27. The number of nitrogens with zero attached hydrogens (tertiary/aromatic N) is 4. The standard InChI is InChI=1S/C31H19N4OS.Pt/c1-33-19-34-27-18-21(13-15-28(27)37-29-10-6-9-25(33)31(29)34)36-20-12-14-23-22-7-2-3-8-24(22)35(26(23)17-20)30-11-4-5-16-32-30;/h2-16,19H,1H3;/q-3;. The molecular weight excluding hydrogens is 672 g/mol. The fraction of sp³-hybridized carbons (Fsp3) is 0.0323. The summed E-state index contributed by atoms with van der Waals surface area (Å²) >= 11 is 1.77. The van der Waals surface area contributed by atoms with Crippen molar-refractivity contribution in [1.29, 1.82) is 0 Å². The molecule has 0 atom stereocenters. The maximum absolute atomic E-state index is 6.36. The summed E-state index contributed by atoms with van der Waals surface area (Å²) in [6.07, 6.45) is 1.81. The van der Waals surface area contributed by atoms with Gasteiger partial charge in [0.05, 0.1) is 0 Å². The zero-order valence-electron chi connectivity index (χ0n) is 20.2. The van der Waals surface area contributed by atoms with Crippen molar-refractivity contribution in [3.8, 4) is 17.3 Å². The van der Waals surface area contributed by atoms with Gasteiger partial charge in [0.2, 0.25) is 0 Å². The van der Waals surface area contributed by atoms with Crippen molar-refractivity contribution in [2.24, 2.45) is 0 Å². The van der Waals surface area contributed by atoms with Crippen LogP contribution in [-0.2, 0) is 21.1 Å². The molecule has 7 heteroatoms. The molecule has 188 valence electrons. The van der Waals surface area contributed by atoms with Gasteiger partial charge >= 0.3 is 0 Å². The predicted octanol–water partition coefficient (Wildman–Crippen LogP) is 7.74. The van der Waals surface area contributed by atoms with Gasteiger partial charge in [-0.1, -0.05) is 46.4 Å². The number of pyridine rings is 1. The fourth-order valence-corrected chi connectivity index (χ4v) is 6.31. The Morgan fingerprint density at radius 2 is 1.66 bits per heavy atom. The van der Waals surface area contributed by atoms with Crippen LogP contribution >= 0.6 is 11.8 Å². The van der Waals surface area contributed by atoms with Crippen LogP contribution in [0.25, 0.3) is 27.6 Å². The molecule has 0 N–H and O–H groups in total. The third-order valence-corrected chi connectivity index (χ3v) is 7.96. The molecule has 0 aliphatic carbocycles. The van der Waals surface area contributed by atoms with Crippen molar-refractivity contribution in [3.05, 3.63) is 110 Å². The van der Waals surface area contributed by atoms with Crippen LogP contribution in [-0.4, -0.2) is 16.6 Å². The van der Waals surface area contributed by atoms with E-state index in [0.29, 0.717) is 11.5 Å². The number of anilines is 3. The first-order chi connectivity index (χ1) is 18.2. The number of ether oxygens (including phenoxy) is 1. The quantitative estimate of drug-likeness (QED) is 0.178. The van der Waals surface area contributed by atoms with E-state index in [2.05, 4.69) is 99.8 Å². The average molecular weight is 691 g/mol. The largest absolute Gasteiger partial charge is 0.509 e. The Kier molecular flexibility index (Phi) is 5.50. The zero-order valence-corrected chi connectivity index (χ0v) is 23.2. The second kappa shape index (κ2) is 8.93. The Hall–Kier alpha value is -3.73. The smallest absolute Gasteiger partial charge is 0.135 e. The number of para-hydroxylation sites is 2. The Morgan fingerprint density at radius 3 is 2.55 bits per heavy atom. The van der Waals surface area contributed by atoms with Crippen molar-refractivity contribution in [3.63, 3.8) is 0 Å². The number of rotatable bonds is 3. The summed E-state index contributed by atoms with van der Waals surface area (Å²) < 4.78 is 8.49. The minimum absolute atomic E-state index is 0. The van der Waals surface area contributed by atoms with Crippen molar-refractivity contribution in [2.45, 2.75) is 9.79 Å². The first-order valence-electron chi connectivity index (χ1n) is 12.0. The number of hydrogen-bond acceptors (Lipinski definition) is 5. The Bertz CT molecular complexity index is 1850. The molecule has 2 aliphatic rings. The monoisotopic (exact) mass is 690 g/mol. The third kappa shape index (κ3) is 3.48. The van der Waals surface area contributed by atoms with E-state index in [9.17, 15) is 0 Å². The fourth-order valence-electron chi connectivity index (χ4n) is 5.25. The molecule has 4 heterocycles. The minimum atomic E-state index is 0. The molecular formula is C31H19N4OPtS-3. The van der Waals surface area contributed by atoms with E-state index in [1.807, 2.05) is 36.5 Å². The van der Waals surface area contributed by atoms with Gasteiger partial charge in [0, 0.05) is 60.5 Å². The van der Waals surface area contributed by atoms with Crippen LogP contribution < -0.4 is 14.5 Å². The van der Waals surface area contributed by atoms with Crippen molar-refractivity contribution in [2.75, 3.05) is 16.8 Å². The minimum Gasteiger partial charge on any atom is -0.509 e. The molecule has 2 aromatic heterocycles. The molecule has 8 rings (SSSR count). The summed E-state index contributed by atoms with van der Waals surface area (Å²) in [5.41, 5.74) is 5.40. The van der Waals surface area contributed by atoms with Gasteiger partial charge in [-0.15, -0.1) is 29.7 Å². The van der Waals surface area contributed by atoms with E-state index in [4.69, 9.17) is 4.74 Å². The molecule has 38 heavy (non-hydrogen) atoms. The van der Waals surface area contributed by atoms with Crippen molar-refractivity contribution < 1.29 is 25.8 Å². The van der Waals surface area contributed by atoms with Gasteiger partial charge in [-0.25, -0.2) is 4.98 Å². The van der Waals surface area contributed by atoms with Crippen LogP contribution in [0, 0.1) is 18.8 Å².